The van der Waals surface area contributed by atoms with Gasteiger partial charge in [-0.3, -0.25) is 4.79 Å². The predicted molar refractivity (Wildman–Crippen MR) is 75.3 cm³/mol. The first-order valence-corrected chi connectivity index (χ1v) is 7.49. The Balaban J connectivity index is 1.99. The first-order chi connectivity index (χ1) is 8.47. The molecule has 2 aliphatic carbocycles. The van der Waals surface area contributed by atoms with E-state index < -0.39 is 0 Å². The highest BCUT2D eigenvalue weighted by Crippen LogP contribution is 2.36. The lowest BCUT2D eigenvalue weighted by molar-refractivity contribution is -0.121. The van der Waals surface area contributed by atoms with Crippen LogP contribution in [0.25, 0.3) is 0 Å². The van der Waals surface area contributed by atoms with Crippen LogP contribution in [-0.4, -0.2) is 11.8 Å². The second kappa shape index (κ2) is 5.46. The summed E-state index contributed by atoms with van der Waals surface area (Å²) in [5.41, 5.74) is 0.968. The Kier molecular flexibility index (Phi) is 4.14. The molecule has 0 bridgehead atoms. The number of carbonyl (C=O) groups is 1. The van der Waals surface area contributed by atoms with Crippen molar-refractivity contribution in [2.24, 2.45) is 11.3 Å². The summed E-state index contributed by atoms with van der Waals surface area (Å²) in [6, 6.07) is 0.610. The molecule has 102 valence electrons. The van der Waals surface area contributed by atoms with Gasteiger partial charge in [-0.1, -0.05) is 40.0 Å². The fourth-order valence-electron chi connectivity index (χ4n) is 2.51. The van der Waals surface area contributed by atoms with Crippen molar-refractivity contribution < 1.29 is 4.79 Å². The van der Waals surface area contributed by atoms with Crippen molar-refractivity contribution in [3.63, 3.8) is 0 Å². The van der Waals surface area contributed by atoms with Gasteiger partial charge >= 0.3 is 0 Å². The van der Waals surface area contributed by atoms with Crippen LogP contribution in [0.4, 0.5) is 0 Å². The maximum Gasteiger partial charge on any atom is 0.162 e. The van der Waals surface area contributed by atoms with Crippen molar-refractivity contribution in [2.75, 3.05) is 0 Å². The molecule has 2 heteroatoms. The Labute approximate surface area is 111 Å². The van der Waals surface area contributed by atoms with Crippen LogP contribution in [0.1, 0.15) is 65.7 Å². The molecule has 2 fully saturated rings. The Morgan fingerprint density at radius 2 is 1.67 bits per heavy atom. The quantitative estimate of drug-likeness (QED) is 0.767. The highest BCUT2D eigenvalue weighted by atomic mass is 16.1. The molecule has 2 aliphatic rings. The van der Waals surface area contributed by atoms with Gasteiger partial charge in [-0.2, -0.15) is 0 Å². The maximum atomic E-state index is 12.1. The van der Waals surface area contributed by atoms with Gasteiger partial charge in [-0.05, 0) is 31.6 Å². The minimum atomic E-state index is -0.256. The Bertz CT molecular complexity index is 327. The van der Waals surface area contributed by atoms with Crippen molar-refractivity contribution >= 4 is 5.78 Å². The number of nitrogens with one attached hydrogen (secondary N) is 1. The zero-order valence-corrected chi connectivity index (χ0v) is 12.1. The van der Waals surface area contributed by atoms with Gasteiger partial charge < -0.3 is 5.32 Å². The molecule has 0 heterocycles. The third kappa shape index (κ3) is 3.86. The van der Waals surface area contributed by atoms with E-state index in [1.54, 1.807) is 0 Å². The second-order valence-electron chi connectivity index (χ2n) is 6.97. The summed E-state index contributed by atoms with van der Waals surface area (Å²) in [4.78, 5) is 12.1. The van der Waals surface area contributed by atoms with E-state index in [4.69, 9.17) is 0 Å². The van der Waals surface area contributed by atoms with E-state index in [0.717, 1.165) is 0 Å². The van der Waals surface area contributed by atoms with Crippen molar-refractivity contribution in [1.29, 1.82) is 0 Å². The number of hydrogen-bond donors (Lipinski definition) is 1. The van der Waals surface area contributed by atoms with E-state index in [1.165, 1.54) is 50.6 Å². The van der Waals surface area contributed by atoms with Gasteiger partial charge in [0.05, 0.1) is 0 Å². The van der Waals surface area contributed by atoms with Crippen molar-refractivity contribution in [3.05, 3.63) is 11.8 Å². The molecule has 2 nitrogen and oxygen atoms in total. The minimum Gasteiger partial charge on any atom is -0.385 e. The standard InChI is InChI=1S/C16H27NO/c1-16(2,3)15(18)11-14(12-9-10-12)17-13-7-5-4-6-8-13/h11-13,17H,4-10H2,1-3H3. The zero-order valence-electron chi connectivity index (χ0n) is 12.1. The molecule has 2 saturated carbocycles. The summed E-state index contributed by atoms with van der Waals surface area (Å²) < 4.78 is 0. The molecule has 0 aromatic heterocycles. The molecule has 0 unspecified atom stereocenters. The van der Waals surface area contributed by atoms with Gasteiger partial charge in [0.2, 0.25) is 0 Å². The smallest absolute Gasteiger partial charge is 0.162 e. The molecule has 2 rings (SSSR count). The molecule has 0 spiro atoms. The number of carbonyl (C=O) groups excluding carboxylic acids is 1. The lowest BCUT2D eigenvalue weighted by Crippen LogP contribution is -2.32. The molecule has 0 aromatic carbocycles. The number of ketones is 1. The average molecular weight is 249 g/mol. The number of rotatable bonds is 4. The summed E-state index contributed by atoms with van der Waals surface area (Å²) in [6.07, 6.45) is 11.0. The monoisotopic (exact) mass is 249 g/mol. The van der Waals surface area contributed by atoms with Crippen LogP contribution in [0.15, 0.2) is 11.8 Å². The van der Waals surface area contributed by atoms with E-state index in [9.17, 15) is 4.79 Å². The maximum absolute atomic E-state index is 12.1. The average Bonchev–Trinajstić information content (AvgIpc) is 3.12. The number of hydrogen-bond acceptors (Lipinski definition) is 2. The molecule has 0 saturated heterocycles. The lowest BCUT2D eigenvalue weighted by Gasteiger charge is -2.26. The molecule has 0 radical (unpaired) electrons. The van der Waals surface area contributed by atoms with Crippen molar-refractivity contribution in [2.45, 2.75) is 71.8 Å². The van der Waals surface area contributed by atoms with Crippen molar-refractivity contribution in [3.8, 4) is 0 Å². The molecule has 18 heavy (non-hydrogen) atoms. The summed E-state index contributed by atoms with van der Waals surface area (Å²) in [7, 11) is 0. The fraction of sp³-hybridized carbons (Fsp3) is 0.812. The zero-order chi connectivity index (χ0) is 13.2. The summed E-state index contributed by atoms with van der Waals surface area (Å²) in [6.45, 7) is 5.99. The van der Waals surface area contributed by atoms with Gasteiger partial charge in [0.15, 0.2) is 5.78 Å². The van der Waals surface area contributed by atoms with Gasteiger partial charge in [-0.15, -0.1) is 0 Å². The predicted octanol–water partition coefficient (Wildman–Crippen LogP) is 3.82. The molecule has 1 N–H and O–H groups in total. The molecular weight excluding hydrogens is 222 g/mol. The van der Waals surface area contributed by atoms with E-state index in [2.05, 4.69) is 5.32 Å². The van der Waals surface area contributed by atoms with Crippen LogP contribution in [0, 0.1) is 11.3 Å². The second-order valence-corrected chi connectivity index (χ2v) is 6.97. The van der Waals surface area contributed by atoms with Crippen LogP contribution < -0.4 is 5.32 Å². The topological polar surface area (TPSA) is 29.1 Å². The van der Waals surface area contributed by atoms with Crippen LogP contribution in [-0.2, 0) is 4.79 Å². The van der Waals surface area contributed by atoms with Crippen LogP contribution in [0.5, 0.6) is 0 Å². The molecular formula is C16H27NO. The molecule has 0 aliphatic heterocycles. The largest absolute Gasteiger partial charge is 0.385 e. The SMILES string of the molecule is CC(C)(C)C(=O)C=C(NC1CCCCC1)C1CC1. The highest BCUT2D eigenvalue weighted by molar-refractivity contribution is 5.94. The fourth-order valence-corrected chi connectivity index (χ4v) is 2.51. The highest BCUT2D eigenvalue weighted by Gasteiger charge is 2.30. The minimum absolute atomic E-state index is 0.256. The van der Waals surface area contributed by atoms with Crippen LogP contribution >= 0.6 is 0 Å². The first-order valence-electron chi connectivity index (χ1n) is 7.49. The van der Waals surface area contributed by atoms with Crippen molar-refractivity contribution in [1.82, 2.24) is 5.32 Å². The number of allylic oxidation sites excluding steroid dienone is 2. The third-order valence-electron chi connectivity index (χ3n) is 4.02. The molecule has 0 aromatic rings. The van der Waals surface area contributed by atoms with Gasteiger partial charge in [0, 0.05) is 23.2 Å². The summed E-state index contributed by atoms with van der Waals surface area (Å²) in [5.74, 6) is 0.894. The summed E-state index contributed by atoms with van der Waals surface area (Å²) in [5, 5.41) is 3.66. The van der Waals surface area contributed by atoms with E-state index >= 15 is 0 Å². The van der Waals surface area contributed by atoms with Gasteiger partial charge in [0.1, 0.15) is 0 Å². The normalized spacial score (nSPS) is 22.9. The van der Waals surface area contributed by atoms with Crippen LogP contribution in [0.3, 0.4) is 0 Å². The Morgan fingerprint density at radius 3 is 2.17 bits per heavy atom. The van der Waals surface area contributed by atoms with Gasteiger partial charge in [0.25, 0.3) is 0 Å². The van der Waals surface area contributed by atoms with E-state index in [-0.39, 0.29) is 11.2 Å². The third-order valence-corrected chi connectivity index (χ3v) is 4.02. The summed E-state index contributed by atoms with van der Waals surface area (Å²) >= 11 is 0. The first kappa shape index (κ1) is 13.6. The molecule has 0 atom stereocenters. The Morgan fingerprint density at radius 1 is 1.06 bits per heavy atom. The lowest BCUT2D eigenvalue weighted by atomic mass is 9.89. The van der Waals surface area contributed by atoms with Crippen LogP contribution in [0.2, 0.25) is 0 Å². The molecule has 0 amide bonds. The van der Waals surface area contributed by atoms with Gasteiger partial charge in [-0.25, -0.2) is 0 Å². The van der Waals surface area contributed by atoms with E-state index in [0.29, 0.717) is 12.0 Å². The van der Waals surface area contributed by atoms with E-state index in [1.807, 2.05) is 26.8 Å². The Hall–Kier alpha value is -0.790.